The van der Waals surface area contributed by atoms with Crippen LogP contribution in [0.2, 0.25) is 0 Å². The number of aliphatic hydroxyl groups is 1. The summed E-state index contributed by atoms with van der Waals surface area (Å²) in [5.74, 6) is -1.47. The Bertz CT molecular complexity index is 1280. The third-order valence-corrected chi connectivity index (χ3v) is 5.17. The van der Waals surface area contributed by atoms with Crippen molar-refractivity contribution < 1.29 is 23.4 Å². The molecule has 4 aromatic rings. The first-order chi connectivity index (χ1) is 16.4. The minimum Gasteiger partial charge on any atom is -0.490 e. The maximum Gasteiger partial charge on any atom is 0.185 e. The van der Waals surface area contributed by atoms with Crippen molar-refractivity contribution in [3.63, 3.8) is 0 Å². The molecule has 0 radical (unpaired) electrons. The number of halogens is 2. The van der Waals surface area contributed by atoms with Gasteiger partial charge in [-0.05, 0) is 42.0 Å². The van der Waals surface area contributed by atoms with Crippen molar-refractivity contribution in [1.29, 1.82) is 0 Å². The van der Waals surface area contributed by atoms with Crippen LogP contribution in [0.1, 0.15) is 21.5 Å². The molecule has 8 heteroatoms. The number of carbonyl (C=O) groups is 1. The van der Waals surface area contributed by atoms with Gasteiger partial charge in [0.2, 0.25) is 0 Å². The molecule has 0 aliphatic carbocycles. The van der Waals surface area contributed by atoms with Gasteiger partial charge in [-0.25, -0.2) is 18.4 Å². The van der Waals surface area contributed by atoms with Crippen LogP contribution in [0.5, 0.6) is 5.75 Å². The van der Waals surface area contributed by atoms with Gasteiger partial charge in [-0.15, -0.1) is 0 Å². The lowest BCUT2D eigenvalue weighted by Crippen LogP contribution is -2.39. The number of aromatic nitrogens is 3. The standard InChI is InChI=1S/C26H21F2N3O3/c27-21-9-12-23(24(28)14-21)26(33,15-31-18-29-17-30-31)16-34-22-10-7-20(8-11-22)25(32)13-6-19-4-2-1-3-5-19/h1-14,17-18,33H,15-16H2/b13-6+. The zero-order chi connectivity index (χ0) is 24.0. The van der Waals surface area contributed by atoms with E-state index in [-0.39, 0.29) is 24.5 Å². The van der Waals surface area contributed by atoms with Crippen molar-refractivity contribution >= 4 is 11.9 Å². The fourth-order valence-electron chi connectivity index (χ4n) is 3.41. The summed E-state index contributed by atoms with van der Waals surface area (Å²) in [6.07, 6.45) is 5.87. The Balaban J connectivity index is 1.48. The SMILES string of the molecule is O=C(/C=C/c1ccccc1)c1ccc(OCC(O)(Cn2cncn2)c2ccc(F)cc2F)cc1. The van der Waals surface area contributed by atoms with Crippen molar-refractivity contribution in [2.24, 2.45) is 0 Å². The second-order valence-electron chi connectivity index (χ2n) is 7.67. The molecule has 1 unspecified atom stereocenters. The number of ketones is 1. The monoisotopic (exact) mass is 461 g/mol. The lowest BCUT2D eigenvalue weighted by molar-refractivity contribution is -0.0297. The normalized spacial score (nSPS) is 13.0. The summed E-state index contributed by atoms with van der Waals surface area (Å²) in [5, 5.41) is 15.2. The van der Waals surface area contributed by atoms with Crippen molar-refractivity contribution in [2.75, 3.05) is 6.61 Å². The Labute approximate surface area is 194 Å². The van der Waals surface area contributed by atoms with Crippen LogP contribution in [0.25, 0.3) is 6.08 Å². The zero-order valence-corrected chi connectivity index (χ0v) is 18.0. The molecule has 0 saturated heterocycles. The van der Waals surface area contributed by atoms with Crippen LogP contribution in [-0.2, 0) is 12.1 Å². The molecule has 172 valence electrons. The summed E-state index contributed by atoms with van der Waals surface area (Å²) in [6, 6.07) is 18.8. The van der Waals surface area contributed by atoms with Crippen molar-refractivity contribution in [3.05, 3.63) is 120 Å². The lowest BCUT2D eigenvalue weighted by Gasteiger charge is -2.29. The molecular formula is C26H21F2N3O3. The van der Waals surface area contributed by atoms with Gasteiger partial charge in [-0.3, -0.25) is 4.79 Å². The van der Waals surface area contributed by atoms with Crippen molar-refractivity contribution in [3.8, 4) is 5.75 Å². The average Bonchev–Trinajstić information content (AvgIpc) is 3.35. The lowest BCUT2D eigenvalue weighted by atomic mass is 9.94. The largest absolute Gasteiger partial charge is 0.490 e. The van der Waals surface area contributed by atoms with Crippen LogP contribution < -0.4 is 4.74 Å². The number of allylic oxidation sites excluding steroid dienone is 1. The molecular weight excluding hydrogens is 440 g/mol. The highest BCUT2D eigenvalue weighted by molar-refractivity contribution is 6.06. The van der Waals surface area contributed by atoms with E-state index in [4.69, 9.17) is 4.74 Å². The molecule has 0 spiro atoms. The van der Waals surface area contributed by atoms with E-state index in [9.17, 15) is 18.7 Å². The minimum atomic E-state index is -1.86. The van der Waals surface area contributed by atoms with E-state index < -0.39 is 17.2 Å². The molecule has 3 aromatic carbocycles. The maximum absolute atomic E-state index is 14.5. The first-order valence-corrected chi connectivity index (χ1v) is 10.4. The highest BCUT2D eigenvalue weighted by Crippen LogP contribution is 2.28. The van der Waals surface area contributed by atoms with Gasteiger partial charge in [0.1, 0.15) is 42.2 Å². The van der Waals surface area contributed by atoms with Gasteiger partial charge < -0.3 is 9.84 Å². The highest BCUT2D eigenvalue weighted by Gasteiger charge is 2.34. The Kier molecular flexibility index (Phi) is 6.89. The number of ether oxygens (including phenoxy) is 1. The third-order valence-electron chi connectivity index (χ3n) is 5.17. The maximum atomic E-state index is 14.5. The first-order valence-electron chi connectivity index (χ1n) is 10.4. The van der Waals surface area contributed by atoms with Gasteiger partial charge in [0, 0.05) is 17.2 Å². The molecule has 0 amide bonds. The summed E-state index contributed by atoms with van der Waals surface area (Å²) in [7, 11) is 0. The predicted octanol–water partition coefficient (Wildman–Crippen LogP) is 4.42. The van der Waals surface area contributed by atoms with Crippen molar-refractivity contribution in [2.45, 2.75) is 12.1 Å². The summed E-state index contributed by atoms with van der Waals surface area (Å²) in [6.45, 7) is -0.521. The van der Waals surface area contributed by atoms with E-state index in [1.807, 2.05) is 30.3 Å². The van der Waals surface area contributed by atoms with Crippen LogP contribution in [0.15, 0.2) is 91.5 Å². The predicted molar refractivity (Wildman–Crippen MR) is 122 cm³/mol. The molecule has 0 aliphatic heterocycles. The summed E-state index contributed by atoms with van der Waals surface area (Å²) in [4.78, 5) is 16.2. The minimum absolute atomic E-state index is 0.137. The summed E-state index contributed by atoms with van der Waals surface area (Å²) < 4.78 is 34.9. The van der Waals surface area contributed by atoms with Gasteiger partial charge in [-0.2, -0.15) is 5.10 Å². The van der Waals surface area contributed by atoms with E-state index in [1.54, 1.807) is 30.3 Å². The van der Waals surface area contributed by atoms with Gasteiger partial charge in [0.25, 0.3) is 0 Å². The number of hydrogen-bond acceptors (Lipinski definition) is 5. The van der Waals surface area contributed by atoms with Crippen LogP contribution in [0.4, 0.5) is 8.78 Å². The molecule has 1 atom stereocenters. The quantitative estimate of drug-likeness (QED) is 0.295. The molecule has 1 heterocycles. The Hall–Kier alpha value is -4.17. The van der Waals surface area contributed by atoms with E-state index >= 15 is 0 Å². The van der Waals surface area contributed by atoms with Crippen LogP contribution in [-0.4, -0.2) is 32.3 Å². The molecule has 1 N–H and O–H groups in total. The van der Waals surface area contributed by atoms with Gasteiger partial charge >= 0.3 is 0 Å². The number of carbonyl (C=O) groups excluding carboxylic acids is 1. The zero-order valence-electron chi connectivity index (χ0n) is 18.0. The van der Waals surface area contributed by atoms with E-state index in [0.717, 1.165) is 11.6 Å². The number of hydrogen-bond donors (Lipinski definition) is 1. The summed E-state index contributed by atoms with van der Waals surface area (Å²) >= 11 is 0. The molecule has 34 heavy (non-hydrogen) atoms. The van der Waals surface area contributed by atoms with Crippen LogP contribution >= 0.6 is 0 Å². The fraction of sp³-hybridized carbons (Fsp3) is 0.115. The average molecular weight is 461 g/mol. The summed E-state index contributed by atoms with van der Waals surface area (Å²) in [5.41, 5.74) is -0.627. The van der Waals surface area contributed by atoms with Crippen molar-refractivity contribution in [1.82, 2.24) is 14.8 Å². The molecule has 0 fully saturated rings. The number of nitrogens with zero attached hydrogens (tertiary/aromatic N) is 3. The van der Waals surface area contributed by atoms with Crippen LogP contribution in [0.3, 0.4) is 0 Å². The second kappa shape index (κ2) is 10.2. The molecule has 0 bridgehead atoms. The first kappa shape index (κ1) is 23.0. The molecule has 6 nitrogen and oxygen atoms in total. The van der Waals surface area contributed by atoms with Gasteiger partial charge in [0.15, 0.2) is 5.78 Å². The second-order valence-corrected chi connectivity index (χ2v) is 7.67. The molecule has 0 aliphatic rings. The van der Waals surface area contributed by atoms with E-state index in [0.29, 0.717) is 17.4 Å². The number of rotatable bonds is 9. The van der Waals surface area contributed by atoms with Gasteiger partial charge in [0.05, 0.1) is 6.54 Å². The highest BCUT2D eigenvalue weighted by atomic mass is 19.1. The van der Waals surface area contributed by atoms with Crippen LogP contribution in [0, 0.1) is 11.6 Å². The van der Waals surface area contributed by atoms with E-state index in [1.165, 1.54) is 29.5 Å². The fourth-order valence-corrected chi connectivity index (χ4v) is 3.41. The molecule has 4 rings (SSSR count). The smallest absolute Gasteiger partial charge is 0.185 e. The Morgan fingerprint density at radius 3 is 2.50 bits per heavy atom. The molecule has 0 saturated carbocycles. The Morgan fingerprint density at radius 2 is 1.82 bits per heavy atom. The third kappa shape index (κ3) is 5.60. The Morgan fingerprint density at radius 1 is 1.06 bits per heavy atom. The van der Waals surface area contributed by atoms with E-state index in [2.05, 4.69) is 10.1 Å². The van der Waals surface area contributed by atoms with Gasteiger partial charge in [-0.1, -0.05) is 42.5 Å². The topological polar surface area (TPSA) is 77.2 Å². The number of benzene rings is 3. The molecule has 1 aromatic heterocycles.